The van der Waals surface area contributed by atoms with E-state index in [1.54, 1.807) is 24.3 Å². The lowest BCUT2D eigenvalue weighted by Crippen LogP contribution is -2.32. The van der Waals surface area contributed by atoms with E-state index in [0.717, 1.165) is 5.56 Å². The molecule has 1 heterocycles. The van der Waals surface area contributed by atoms with E-state index in [2.05, 4.69) is 51.7 Å². The molecule has 0 aliphatic heterocycles. The number of benzene rings is 1. The van der Waals surface area contributed by atoms with E-state index in [0.29, 0.717) is 18.1 Å². The summed E-state index contributed by atoms with van der Waals surface area (Å²) in [5.41, 5.74) is 3.66. The summed E-state index contributed by atoms with van der Waals surface area (Å²) in [7, 11) is 0. The molecule has 7 nitrogen and oxygen atoms in total. The third-order valence-corrected chi connectivity index (χ3v) is 3.55. The third-order valence-electron chi connectivity index (χ3n) is 3.55. The number of rotatable bonds is 6. The maximum atomic E-state index is 13.0. The van der Waals surface area contributed by atoms with Crippen molar-refractivity contribution in [1.82, 2.24) is 15.6 Å². The van der Waals surface area contributed by atoms with Gasteiger partial charge in [0.15, 0.2) is 5.84 Å². The van der Waals surface area contributed by atoms with Crippen LogP contribution in [0.1, 0.15) is 25.1 Å². The third kappa shape index (κ3) is 4.32. The molecule has 2 aromatic rings. The smallest absolute Gasteiger partial charge is 0.190 e. The Morgan fingerprint density at radius 3 is 2.46 bits per heavy atom. The normalized spacial score (nSPS) is 11.9. The molecule has 0 radical (unpaired) electrons. The molecule has 126 valence electrons. The maximum absolute atomic E-state index is 13.0. The van der Waals surface area contributed by atoms with E-state index in [1.807, 2.05) is 0 Å². The number of nitrogens with one attached hydrogen (secondary N) is 2. The molecule has 0 saturated heterocycles. The minimum absolute atomic E-state index is 0.202. The van der Waals surface area contributed by atoms with Gasteiger partial charge in [0.25, 0.3) is 0 Å². The Hall–Kier alpha value is -2.87. The molecule has 0 unspecified atom stereocenters. The van der Waals surface area contributed by atoms with Crippen LogP contribution in [0.15, 0.2) is 46.6 Å². The van der Waals surface area contributed by atoms with Gasteiger partial charge in [-0.2, -0.15) is 5.10 Å². The van der Waals surface area contributed by atoms with E-state index in [1.165, 1.54) is 12.1 Å². The average Bonchev–Trinajstić information content (AvgIpc) is 2.59. The zero-order valence-electron chi connectivity index (χ0n) is 13.6. The fourth-order valence-electron chi connectivity index (χ4n) is 2.09. The highest BCUT2D eigenvalue weighted by molar-refractivity contribution is 5.96. The fourth-order valence-corrected chi connectivity index (χ4v) is 2.09. The van der Waals surface area contributed by atoms with Crippen molar-refractivity contribution in [2.24, 2.45) is 16.0 Å². The van der Waals surface area contributed by atoms with Crippen molar-refractivity contribution < 1.29 is 4.39 Å². The van der Waals surface area contributed by atoms with Crippen LogP contribution in [0.4, 0.5) is 10.2 Å². The van der Waals surface area contributed by atoms with Crippen molar-refractivity contribution >= 4 is 18.4 Å². The van der Waals surface area contributed by atoms with Gasteiger partial charge in [-0.25, -0.2) is 10.2 Å². The van der Waals surface area contributed by atoms with Gasteiger partial charge >= 0.3 is 0 Å². The summed E-state index contributed by atoms with van der Waals surface area (Å²) in [5.74, 6) is 5.98. The first kappa shape index (κ1) is 17.5. The zero-order chi connectivity index (χ0) is 17.6. The molecular weight excluding hydrogens is 309 g/mol. The van der Waals surface area contributed by atoms with Crippen molar-refractivity contribution in [1.29, 1.82) is 0 Å². The van der Waals surface area contributed by atoms with Gasteiger partial charge < -0.3 is 10.7 Å². The largest absolute Gasteiger partial charge is 0.368 e. The first-order valence-electron chi connectivity index (χ1n) is 7.30. The van der Waals surface area contributed by atoms with Crippen molar-refractivity contribution in [2.75, 3.05) is 11.9 Å². The van der Waals surface area contributed by atoms with Gasteiger partial charge in [-0.05, 0) is 29.8 Å². The van der Waals surface area contributed by atoms with Gasteiger partial charge in [-0.3, -0.25) is 0 Å². The minimum atomic E-state index is -0.246. The van der Waals surface area contributed by atoms with Crippen LogP contribution >= 0.6 is 0 Å². The monoisotopic (exact) mass is 329 g/mol. The number of aromatic nitrogens is 2. The standard InChI is InChI=1S/C16H20FN7/c1-16(2,11-4-6-12(17)7-5-11)10-20-14-9-8-13(22-23-14)15(21-18)24-19-3/h4-9H,3,10,18H2,1-2H3,(H,20,23)(H,21,24). The van der Waals surface area contributed by atoms with Crippen molar-refractivity contribution in [3.05, 3.63) is 53.5 Å². The van der Waals surface area contributed by atoms with E-state index in [9.17, 15) is 4.39 Å². The number of hydrogen-bond acceptors (Lipinski definition) is 6. The molecule has 0 bridgehead atoms. The van der Waals surface area contributed by atoms with Crippen LogP contribution in [0, 0.1) is 5.82 Å². The molecule has 24 heavy (non-hydrogen) atoms. The number of hydrogen-bond donors (Lipinski definition) is 3. The molecule has 4 N–H and O–H groups in total. The molecule has 0 aliphatic carbocycles. The first-order valence-corrected chi connectivity index (χ1v) is 7.30. The molecule has 0 spiro atoms. The Balaban J connectivity index is 2.05. The Bertz CT molecular complexity index is 708. The van der Waals surface area contributed by atoms with Crippen LogP contribution in [-0.2, 0) is 5.41 Å². The Morgan fingerprint density at radius 2 is 1.92 bits per heavy atom. The van der Waals surface area contributed by atoms with Gasteiger partial charge in [-0.15, -0.1) is 15.3 Å². The molecule has 0 aliphatic rings. The van der Waals surface area contributed by atoms with Crippen molar-refractivity contribution in [3.63, 3.8) is 0 Å². The summed E-state index contributed by atoms with van der Waals surface area (Å²) < 4.78 is 13.0. The summed E-state index contributed by atoms with van der Waals surface area (Å²) in [5, 5.41) is 18.4. The molecule has 0 fully saturated rings. The fraction of sp³-hybridized carbons (Fsp3) is 0.250. The quantitative estimate of drug-likeness (QED) is 0.325. The van der Waals surface area contributed by atoms with Gasteiger partial charge in [0.1, 0.15) is 17.3 Å². The molecule has 2 rings (SSSR count). The highest BCUT2D eigenvalue weighted by Gasteiger charge is 2.20. The minimum Gasteiger partial charge on any atom is -0.368 e. The number of nitrogens with two attached hydrogens (primary N) is 1. The number of nitrogens with zero attached hydrogens (tertiary/aromatic N) is 4. The van der Waals surface area contributed by atoms with Crippen molar-refractivity contribution in [2.45, 2.75) is 19.3 Å². The molecule has 0 amide bonds. The topological polar surface area (TPSA) is 101 Å². The van der Waals surface area contributed by atoms with Crippen molar-refractivity contribution in [3.8, 4) is 0 Å². The van der Waals surface area contributed by atoms with Crippen LogP contribution in [-0.4, -0.2) is 29.3 Å². The maximum Gasteiger partial charge on any atom is 0.190 e. The van der Waals surface area contributed by atoms with Gasteiger partial charge in [0.2, 0.25) is 0 Å². The molecular formula is C16H20FN7. The van der Waals surface area contributed by atoms with E-state index < -0.39 is 0 Å². The summed E-state index contributed by atoms with van der Waals surface area (Å²) in [6, 6.07) is 9.95. The number of anilines is 1. The van der Waals surface area contributed by atoms with Crippen LogP contribution in [0.25, 0.3) is 0 Å². The van der Waals surface area contributed by atoms with E-state index >= 15 is 0 Å². The SMILES string of the molecule is C=N/N=C(\NN)c1ccc(NCC(C)(C)c2ccc(F)cc2)nn1. The highest BCUT2D eigenvalue weighted by atomic mass is 19.1. The first-order chi connectivity index (χ1) is 11.5. The second-order valence-corrected chi connectivity index (χ2v) is 5.78. The zero-order valence-corrected chi connectivity index (χ0v) is 13.6. The average molecular weight is 329 g/mol. The van der Waals surface area contributed by atoms with E-state index in [4.69, 9.17) is 5.84 Å². The lowest BCUT2D eigenvalue weighted by atomic mass is 9.84. The summed E-state index contributed by atoms with van der Waals surface area (Å²) >= 11 is 0. The Labute approximate surface area is 139 Å². The lowest BCUT2D eigenvalue weighted by molar-refractivity contribution is 0.552. The predicted molar refractivity (Wildman–Crippen MR) is 93.4 cm³/mol. The molecule has 1 aromatic heterocycles. The number of halogens is 1. The van der Waals surface area contributed by atoms with Gasteiger partial charge in [0, 0.05) is 18.7 Å². The van der Waals surface area contributed by atoms with Crippen LogP contribution in [0.3, 0.4) is 0 Å². The second-order valence-electron chi connectivity index (χ2n) is 5.78. The highest BCUT2D eigenvalue weighted by Crippen LogP contribution is 2.23. The van der Waals surface area contributed by atoms with Crippen LogP contribution in [0.5, 0.6) is 0 Å². The summed E-state index contributed by atoms with van der Waals surface area (Å²) in [6.45, 7) is 8.00. The summed E-state index contributed by atoms with van der Waals surface area (Å²) in [6.07, 6.45) is 0. The Morgan fingerprint density at radius 1 is 1.21 bits per heavy atom. The van der Waals surface area contributed by atoms with Crippen LogP contribution < -0.4 is 16.6 Å². The van der Waals surface area contributed by atoms with Gasteiger partial charge in [-0.1, -0.05) is 26.0 Å². The predicted octanol–water partition coefficient (Wildman–Crippen LogP) is 1.83. The molecule has 8 heteroatoms. The van der Waals surface area contributed by atoms with E-state index in [-0.39, 0.29) is 17.1 Å². The van der Waals surface area contributed by atoms with Crippen LogP contribution in [0.2, 0.25) is 0 Å². The molecule has 0 saturated carbocycles. The number of hydrazine groups is 1. The summed E-state index contributed by atoms with van der Waals surface area (Å²) in [4.78, 5) is 0. The lowest BCUT2D eigenvalue weighted by Gasteiger charge is -2.25. The van der Waals surface area contributed by atoms with Gasteiger partial charge in [0.05, 0.1) is 0 Å². The second kappa shape index (κ2) is 7.60. The Kier molecular flexibility index (Phi) is 5.54. The molecule has 1 aromatic carbocycles. The molecule has 0 atom stereocenters. The number of amidine groups is 1.